The predicted octanol–water partition coefficient (Wildman–Crippen LogP) is 0.746. The lowest BCUT2D eigenvalue weighted by atomic mass is 10.2. The van der Waals surface area contributed by atoms with E-state index in [2.05, 4.69) is 4.98 Å². The highest BCUT2D eigenvalue weighted by Crippen LogP contribution is 2.11. The van der Waals surface area contributed by atoms with Gasteiger partial charge >= 0.3 is 0 Å². The highest BCUT2D eigenvalue weighted by molar-refractivity contribution is 5.76. The van der Waals surface area contributed by atoms with Crippen LogP contribution < -0.4 is 0 Å². The normalized spacial score (nSPS) is 16.6. The lowest BCUT2D eigenvalue weighted by molar-refractivity contribution is -0.164. The minimum absolute atomic E-state index is 0.0526. The number of pyridine rings is 1. The van der Waals surface area contributed by atoms with E-state index in [1.165, 1.54) is 5.06 Å². The fourth-order valence-electron chi connectivity index (χ4n) is 1.23. The summed E-state index contributed by atoms with van der Waals surface area (Å²) in [4.78, 5) is 20.2. The molecule has 2 rings (SSSR count). The smallest absolute Gasteiger partial charge is 0.248 e. The first-order valence-corrected chi connectivity index (χ1v) is 4.18. The first kappa shape index (κ1) is 8.19. The monoisotopic (exact) mass is 178 g/mol. The largest absolute Gasteiger partial charge is 0.272 e. The molecule has 1 aliphatic heterocycles. The summed E-state index contributed by atoms with van der Waals surface area (Å²) in [5.74, 6) is 0.0526. The molecule has 1 aromatic rings. The maximum Gasteiger partial charge on any atom is 0.248 e. The van der Waals surface area contributed by atoms with Crippen LogP contribution in [0.4, 0.5) is 0 Å². The molecule has 1 saturated heterocycles. The lowest BCUT2D eigenvalue weighted by Crippen LogP contribution is -2.22. The third kappa shape index (κ3) is 1.84. The molecule has 0 atom stereocenters. The van der Waals surface area contributed by atoms with Gasteiger partial charge in [-0.05, 0) is 17.7 Å². The van der Waals surface area contributed by atoms with E-state index in [4.69, 9.17) is 4.84 Å². The fraction of sp³-hybridized carbons (Fsp3) is 0.333. The average Bonchev–Trinajstić information content (AvgIpc) is 2.54. The lowest BCUT2D eigenvalue weighted by Gasteiger charge is -2.13. The van der Waals surface area contributed by atoms with Crippen molar-refractivity contribution in [2.75, 3.05) is 6.61 Å². The highest BCUT2D eigenvalue weighted by atomic mass is 16.7. The van der Waals surface area contributed by atoms with E-state index in [-0.39, 0.29) is 5.91 Å². The van der Waals surface area contributed by atoms with Gasteiger partial charge in [0.15, 0.2) is 0 Å². The molecular formula is C9H10N2O2. The van der Waals surface area contributed by atoms with Crippen LogP contribution in [-0.2, 0) is 16.2 Å². The van der Waals surface area contributed by atoms with E-state index in [0.717, 1.165) is 5.56 Å². The number of hydrogen-bond acceptors (Lipinski definition) is 3. The third-order valence-electron chi connectivity index (χ3n) is 1.92. The van der Waals surface area contributed by atoms with Crippen molar-refractivity contribution in [1.29, 1.82) is 0 Å². The van der Waals surface area contributed by atoms with Crippen molar-refractivity contribution in [2.24, 2.45) is 0 Å². The molecule has 13 heavy (non-hydrogen) atoms. The van der Waals surface area contributed by atoms with Gasteiger partial charge in [0.05, 0.1) is 19.6 Å². The molecule has 1 amide bonds. The number of nitrogens with zero attached hydrogens (tertiary/aromatic N) is 2. The zero-order valence-electron chi connectivity index (χ0n) is 7.14. The Morgan fingerprint density at radius 3 is 2.85 bits per heavy atom. The standard InChI is InChI=1S/C9H10N2O2/c12-9-3-6-13-11(9)7-8-1-4-10-5-2-8/h1-2,4-5H,3,6-7H2. The molecule has 0 spiro atoms. The van der Waals surface area contributed by atoms with Gasteiger partial charge in [0.1, 0.15) is 0 Å². The van der Waals surface area contributed by atoms with Crippen molar-refractivity contribution in [3.63, 3.8) is 0 Å². The van der Waals surface area contributed by atoms with E-state index >= 15 is 0 Å². The Balaban J connectivity index is 2.02. The second-order valence-corrected chi connectivity index (χ2v) is 2.87. The quantitative estimate of drug-likeness (QED) is 0.671. The van der Waals surface area contributed by atoms with Crippen molar-refractivity contribution in [3.05, 3.63) is 30.1 Å². The van der Waals surface area contributed by atoms with Crippen LogP contribution in [0, 0.1) is 0 Å². The van der Waals surface area contributed by atoms with Crippen LogP contribution in [0.5, 0.6) is 0 Å². The van der Waals surface area contributed by atoms with Crippen LogP contribution in [0.1, 0.15) is 12.0 Å². The number of rotatable bonds is 2. The first-order chi connectivity index (χ1) is 6.36. The summed E-state index contributed by atoms with van der Waals surface area (Å²) in [6.07, 6.45) is 3.90. The van der Waals surface area contributed by atoms with Gasteiger partial charge < -0.3 is 0 Å². The molecule has 0 aromatic carbocycles. The molecule has 4 nitrogen and oxygen atoms in total. The van der Waals surface area contributed by atoms with Crippen molar-refractivity contribution in [1.82, 2.24) is 10.0 Å². The Kier molecular flexibility index (Phi) is 2.23. The minimum Gasteiger partial charge on any atom is -0.272 e. The maximum absolute atomic E-state index is 11.2. The zero-order chi connectivity index (χ0) is 9.10. The minimum atomic E-state index is 0.0526. The summed E-state index contributed by atoms with van der Waals surface area (Å²) in [7, 11) is 0. The molecule has 1 aliphatic rings. The number of hydrogen-bond donors (Lipinski definition) is 0. The van der Waals surface area contributed by atoms with E-state index in [0.29, 0.717) is 19.6 Å². The first-order valence-electron chi connectivity index (χ1n) is 4.18. The summed E-state index contributed by atoms with van der Waals surface area (Å²) in [6.45, 7) is 1.02. The van der Waals surface area contributed by atoms with Crippen LogP contribution in [-0.4, -0.2) is 22.6 Å². The van der Waals surface area contributed by atoms with Crippen molar-refractivity contribution in [2.45, 2.75) is 13.0 Å². The fourth-order valence-corrected chi connectivity index (χ4v) is 1.23. The number of carbonyl (C=O) groups is 1. The molecule has 1 aromatic heterocycles. The molecule has 4 heteroatoms. The van der Waals surface area contributed by atoms with Gasteiger partial charge in [0.25, 0.3) is 0 Å². The van der Waals surface area contributed by atoms with Gasteiger partial charge in [-0.25, -0.2) is 5.06 Å². The summed E-state index contributed by atoms with van der Waals surface area (Å²) in [5, 5.41) is 1.40. The van der Waals surface area contributed by atoms with Crippen LogP contribution in [0.25, 0.3) is 0 Å². The molecule has 68 valence electrons. The SMILES string of the molecule is O=C1CCON1Cc1ccncc1. The second-order valence-electron chi connectivity index (χ2n) is 2.87. The number of carbonyl (C=O) groups excluding carboxylic acids is 1. The average molecular weight is 178 g/mol. The van der Waals surface area contributed by atoms with Crippen LogP contribution >= 0.6 is 0 Å². The van der Waals surface area contributed by atoms with Gasteiger partial charge in [-0.3, -0.25) is 14.6 Å². The second kappa shape index (κ2) is 3.53. The van der Waals surface area contributed by atoms with Crippen LogP contribution in [0.2, 0.25) is 0 Å². The number of hydroxylamine groups is 2. The Bertz CT molecular complexity index is 300. The van der Waals surface area contributed by atoms with Crippen molar-refractivity contribution >= 4 is 5.91 Å². The van der Waals surface area contributed by atoms with E-state index in [1.54, 1.807) is 12.4 Å². The topological polar surface area (TPSA) is 42.4 Å². The van der Waals surface area contributed by atoms with Gasteiger partial charge in [-0.1, -0.05) is 0 Å². The number of aromatic nitrogens is 1. The van der Waals surface area contributed by atoms with Crippen LogP contribution in [0.3, 0.4) is 0 Å². The molecule has 0 N–H and O–H groups in total. The van der Waals surface area contributed by atoms with Crippen molar-refractivity contribution < 1.29 is 9.63 Å². The van der Waals surface area contributed by atoms with Gasteiger partial charge in [-0.15, -0.1) is 0 Å². The van der Waals surface area contributed by atoms with E-state index in [9.17, 15) is 4.79 Å². The molecule has 0 unspecified atom stereocenters. The highest BCUT2D eigenvalue weighted by Gasteiger charge is 2.21. The van der Waals surface area contributed by atoms with Gasteiger partial charge in [0.2, 0.25) is 5.91 Å². The summed E-state index contributed by atoms with van der Waals surface area (Å²) in [6, 6.07) is 3.74. The Labute approximate surface area is 76.1 Å². The zero-order valence-corrected chi connectivity index (χ0v) is 7.14. The summed E-state index contributed by atoms with van der Waals surface area (Å²) in [5.41, 5.74) is 1.03. The van der Waals surface area contributed by atoms with Gasteiger partial charge in [0, 0.05) is 12.4 Å². The molecule has 1 fully saturated rings. The predicted molar refractivity (Wildman–Crippen MR) is 45.4 cm³/mol. The molecular weight excluding hydrogens is 168 g/mol. The van der Waals surface area contributed by atoms with Crippen molar-refractivity contribution in [3.8, 4) is 0 Å². The maximum atomic E-state index is 11.2. The molecule has 0 bridgehead atoms. The third-order valence-corrected chi connectivity index (χ3v) is 1.92. The molecule has 0 radical (unpaired) electrons. The number of amides is 1. The molecule has 2 heterocycles. The molecule has 0 saturated carbocycles. The Hall–Kier alpha value is -1.42. The van der Waals surface area contributed by atoms with E-state index < -0.39 is 0 Å². The Morgan fingerprint density at radius 1 is 1.46 bits per heavy atom. The Morgan fingerprint density at radius 2 is 2.23 bits per heavy atom. The summed E-state index contributed by atoms with van der Waals surface area (Å²) >= 11 is 0. The van der Waals surface area contributed by atoms with Crippen LogP contribution in [0.15, 0.2) is 24.5 Å². The summed E-state index contributed by atoms with van der Waals surface area (Å²) < 4.78 is 0. The molecule has 0 aliphatic carbocycles. The van der Waals surface area contributed by atoms with Gasteiger partial charge in [-0.2, -0.15) is 0 Å². The van der Waals surface area contributed by atoms with E-state index in [1.807, 2.05) is 12.1 Å².